The predicted octanol–water partition coefficient (Wildman–Crippen LogP) is 2.86. The van der Waals surface area contributed by atoms with Gasteiger partial charge in [-0.1, -0.05) is 37.3 Å². The first-order chi connectivity index (χ1) is 12.1. The van der Waals surface area contributed by atoms with Gasteiger partial charge in [0.2, 0.25) is 5.91 Å². The van der Waals surface area contributed by atoms with Crippen molar-refractivity contribution in [1.82, 2.24) is 10.6 Å². The molecule has 0 saturated carbocycles. The second-order valence-corrected chi connectivity index (χ2v) is 5.89. The molecule has 2 rings (SSSR count). The molecule has 5 nitrogen and oxygen atoms in total. The summed E-state index contributed by atoms with van der Waals surface area (Å²) in [6, 6.07) is 15.1. The molecule has 0 aliphatic rings. The Morgan fingerprint density at radius 3 is 2.56 bits per heavy atom. The number of rotatable bonds is 8. The number of amides is 2. The van der Waals surface area contributed by atoms with Gasteiger partial charge in [-0.05, 0) is 42.7 Å². The lowest BCUT2D eigenvalue weighted by Crippen LogP contribution is -2.29. The highest BCUT2D eigenvalue weighted by atomic mass is 16.2. The van der Waals surface area contributed by atoms with Crippen LogP contribution in [0.3, 0.4) is 0 Å². The minimum Gasteiger partial charge on any atom is -0.376 e. The summed E-state index contributed by atoms with van der Waals surface area (Å²) in [4.78, 5) is 24.0. The van der Waals surface area contributed by atoms with E-state index in [0.29, 0.717) is 18.7 Å². The molecule has 0 aliphatic heterocycles. The number of benzene rings is 2. The molecule has 0 heterocycles. The summed E-state index contributed by atoms with van der Waals surface area (Å²) in [7, 11) is 0. The zero-order valence-electron chi connectivity index (χ0n) is 14.8. The smallest absolute Gasteiger partial charge is 0.251 e. The van der Waals surface area contributed by atoms with Gasteiger partial charge in [0.1, 0.15) is 0 Å². The average molecular weight is 339 g/mol. The average Bonchev–Trinajstić information content (AvgIpc) is 2.64. The van der Waals surface area contributed by atoms with Gasteiger partial charge in [0, 0.05) is 24.3 Å². The number of carbonyl (C=O) groups excluding carboxylic acids is 2. The van der Waals surface area contributed by atoms with Crippen LogP contribution in [0, 0.1) is 6.92 Å². The molecular weight excluding hydrogens is 314 g/mol. The van der Waals surface area contributed by atoms with Gasteiger partial charge in [-0.15, -0.1) is 0 Å². The topological polar surface area (TPSA) is 70.2 Å². The molecule has 25 heavy (non-hydrogen) atoms. The van der Waals surface area contributed by atoms with Gasteiger partial charge < -0.3 is 16.0 Å². The molecule has 5 heteroatoms. The van der Waals surface area contributed by atoms with Crippen molar-refractivity contribution in [2.75, 3.05) is 18.4 Å². The van der Waals surface area contributed by atoms with Crippen LogP contribution in [0.5, 0.6) is 0 Å². The summed E-state index contributed by atoms with van der Waals surface area (Å²) >= 11 is 0. The minimum absolute atomic E-state index is 0.0934. The van der Waals surface area contributed by atoms with Crippen LogP contribution in [0.15, 0.2) is 48.5 Å². The maximum absolute atomic E-state index is 12.0. The second kappa shape index (κ2) is 9.47. The lowest BCUT2D eigenvalue weighted by molar-refractivity contribution is -0.119. The van der Waals surface area contributed by atoms with E-state index >= 15 is 0 Å². The fourth-order valence-electron chi connectivity index (χ4n) is 2.36. The molecule has 0 unspecified atom stereocenters. The van der Waals surface area contributed by atoms with E-state index < -0.39 is 0 Å². The number of hydrogen-bond donors (Lipinski definition) is 3. The molecule has 0 fully saturated rings. The fraction of sp³-hybridized carbons (Fsp3) is 0.300. The van der Waals surface area contributed by atoms with Crippen LogP contribution in [0.25, 0.3) is 0 Å². The van der Waals surface area contributed by atoms with Crippen LogP contribution >= 0.6 is 0 Å². The third-order valence-electron chi connectivity index (χ3n) is 3.85. The van der Waals surface area contributed by atoms with Crippen molar-refractivity contribution in [3.05, 3.63) is 65.2 Å². The molecule has 0 atom stereocenters. The van der Waals surface area contributed by atoms with Crippen LogP contribution in [0.1, 0.15) is 34.8 Å². The van der Waals surface area contributed by atoms with E-state index in [2.05, 4.69) is 16.0 Å². The van der Waals surface area contributed by atoms with Crippen molar-refractivity contribution >= 4 is 17.5 Å². The van der Waals surface area contributed by atoms with E-state index in [4.69, 9.17) is 0 Å². The molecule has 2 amide bonds. The summed E-state index contributed by atoms with van der Waals surface area (Å²) in [6.45, 7) is 5.35. The van der Waals surface area contributed by atoms with E-state index in [9.17, 15) is 9.59 Å². The quantitative estimate of drug-likeness (QED) is 0.692. The van der Waals surface area contributed by atoms with Crippen LogP contribution in [0.4, 0.5) is 5.69 Å². The van der Waals surface area contributed by atoms with Crippen LogP contribution in [-0.2, 0) is 11.3 Å². The largest absolute Gasteiger partial charge is 0.376 e. The molecule has 0 bridgehead atoms. The van der Waals surface area contributed by atoms with Gasteiger partial charge in [0.25, 0.3) is 5.91 Å². The van der Waals surface area contributed by atoms with E-state index in [1.54, 1.807) is 18.2 Å². The molecule has 3 N–H and O–H groups in total. The maximum Gasteiger partial charge on any atom is 0.251 e. The second-order valence-electron chi connectivity index (χ2n) is 5.89. The van der Waals surface area contributed by atoms with E-state index in [0.717, 1.165) is 23.2 Å². The van der Waals surface area contributed by atoms with E-state index in [1.807, 2.05) is 44.2 Å². The van der Waals surface area contributed by atoms with Crippen molar-refractivity contribution < 1.29 is 9.59 Å². The highest BCUT2D eigenvalue weighted by Gasteiger charge is 2.06. The standard InChI is InChI=1S/C20H25N3O2/c1-3-11-21-20(25)16-9-6-10-18(12-16)22-14-19(24)23-13-17-8-5-4-7-15(17)2/h4-10,12,22H,3,11,13-14H2,1-2H3,(H,21,25)(H,23,24). The minimum atomic E-state index is -0.102. The number of aryl methyl sites for hydroxylation is 1. The maximum atomic E-state index is 12.0. The molecule has 0 aliphatic carbocycles. The number of anilines is 1. The first-order valence-corrected chi connectivity index (χ1v) is 8.53. The summed E-state index contributed by atoms with van der Waals surface area (Å²) in [5, 5.41) is 8.79. The highest BCUT2D eigenvalue weighted by Crippen LogP contribution is 2.10. The van der Waals surface area contributed by atoms with E-state index in [-0.39, 0.29) is 18.4 Å². The number of carbonyl (C=O) groups is 2. The molecular formula is C20H25N3O2. The zero-order valence-corrected chi connectivity index (χ0v) is 14.8. The zero-order chi connectivity index (χ0) is 18.1. The van der Waals surface area contributed by atoms with Crippen LogP contribution in [-0.4, -0.2) is 24.9 Å². The fourth-order valence-corrected chi connectivity index (χ4v) is 2.36. The summed E-state index contributed by atoms with van der Waals surface area (Å²) in [5.74, 6) is -0.196. The molecule has 0 aromatic heterocycles. The van der Waals surface area contributed by atoms with Gasteiger partial charge in [-0.2, -0.15) is 0 Å². The van der Waals surface area contributed by atoms with Crippen LogP contribution in [0.2, 0.25) is 0 Å². The Kier molecular flexibility index (Phi) is 7.01. The van der Waals surface area contributed by atoms with Gasteiger partial charge >= 0.3 is 0 Å². The predicted molar refractivity (Wildman–Crippen MR) is 101 cm³/mol. The Morgan fingerprint density at radius 2 is 1.80 bits per heavy atom. The van der Waals surface area contributed by atoms with Gasteiger partial charge in [0.05, 0.1) is 6.54 Å². The highest BCUT2D eigenvalue weighted by molar-refractivity contribution is 5.95. The Balaban J connectivity index is 1.83. The summed E-state index contributed by atoms with van der Waals surface area (Å²) < 4.78 is 0. The Hall–Kier alpha value is -2.82. The monoisotopic (exact) mass is 339 g/mol. The lowest BCUT2D eigenvalue weighted by Gasteiger charge is -2.10. The molecule has 2 aromatic rings. The normalized spacial score (nSPS) is 10.2. The molecule has 0 spiro atoms. The molecule has 132 valence electrons. The summed E-state index contributed by atoms with van der Waals surface area (Å²) in [6.07, 6.45) is 0.894. The first-order valence-electron chi connectivity index (χ1n) is 8.53. The molecule has 0 radical (unpaired) electrons. The van der Waals surface area contributed by atoms with E-state index in [1.165, 1.54) is 0 Å². The third kappa shape index (κ3) is 5.95. The van der Waals surface area contributed by atoms with Crippen molar-refractivity contribution in [1.29, 1.82) is 0 Å². The third-order valence-corrected chi connectivity index (χ3v) is 3.85. The van der Waals surface area contributed by atoms with Crippen molar-refractivity contribution in [3.8, 4) is 0 Å². The molecule has 2 aromatic carbocycles. The number of nitrogens with one attached hydrogen (secondary N) is 3. The van der Waals surface area contributed by atoms with Crippen molar-refractivity contribution in [2.45, 2.75) is 26.8 Å². The Bertz CT molecular complexity index is 728. The first kappa shape index (κ1) is 18.5. The van der Waals surface area contributed by atoms with Gasteiger partial charge in [-0.25, -0.2) is 0 Å². The Labute approximate surface area is 148 Å². The van der Waals surface area contributed by atoms with Gasteiger partial charge in [-0.3, -0.25) is 9.59 Å². The van der Waals surface area contributed by atoms with Gasteiger partial charge in [0.15, 0.2) is 0 Å². The SMILES string of the molecule is CCCNC(=O)c1cccc(NCC(=O)NCc2ccccc2C)c1. The van der Waals surface area contributed by atoms with Crippen molar-refractivity contribution in [3.63, 3.8) is 0 Å². The van der Waals surface area contributed by atoms with Crippen LogP contribution < -0.4 is 16.0 Å². The Morgan fingerprint density at radius 1 is 1.00 bits per heavy atom. The lowest BCUT2D eigenvalue weighted by atomic mass is 10.1. The summed E-state index contributed by atoms with van der Waals surface area (Å²) in [5.41, 5.74) is 3.58. The number of hydrogen-bond acceptors (Lipinski definition) is 3. The van der Waals surface area contributed by atoms with Crippen molar-refractivity contribution in [2.24, 2.45) is 0 Å². The molecule has 0 saturated heterocycles.